The fraction of sp³-hybridized carbons (Fsp3) is 0.412. The minimum atomic E-state index is -3.45. The third-order valence-corrected chi connectivity index (χ3v) is 7.14. The molecule has 23 heavy (non-hydrogen) atoms. The van der Waals surface area contributed by atoms with E-state index in [0.29, 0.717) is 29.8 Å². The number of hydrogen-bond acceptors (Lipinski definition) is 3. The number of rotatable bonds is 2. The zero-order valence-corrected chi connectivity index (χ0v) is 14.4. The van der Waals surface area contributed by atoms with E-state index in [0.717, 1.165) is 23.6 Å². The molecule has 1 saturated heterocycles. The highest BCUT2D eigenvalue weighted by Gasteiger charge is 2.45. The van der Waals surface area contributed by atoms with Gasteiger partial charge in [-0.05, 0) is 36.1 Å². The van der Waals surface area contributed by atoms with Crippen molar-refractivity contribution in [1.29, 1.82) is 0 Å². The van der Waals surface area contributed by atoms with Crippen molar-refractivity contribution in [2.24, 2.45) is 17.6 Å². The molecule has 0 spiro atoms. The minimum absolute atomic E-state index is 0. The molecule has 2 fully saturated rings. The second-order valence-corrected chi connectivity index (χ2v) is 8.37. The van der Waals surface area contributed by atoms with Gasteiger partial charge < -0.3 is 5.73 Å². The van der Waals surface area contributed by atoms with E-state index in [1.165, 1.54) is 0 Å². The number of nitrogens with zero attached hydrogens (tertiary/aromatic N) is 1. The van der Waals surface area contributed by atoms with Gasteiger partial charge in [-0.2, -0.15) is 4.31 Å². The van der Waals surface area contributed by atoms with Crippen molar-refractivity contribution in [3.63, 3.8) is 0 Å². The SMILES string of the molecule is Cl.NC1CCC2CN(S(=O)(=O)c3cccc4ccccc34)CC12. The molecule has 1 aliphatic heterocycles. The Morgan fingerprint density at radius 3 is 2.52 bits per heavy atom. The maximum absolute atomic E-state index is 13.1. The van der Waals surface area contributed by atoms with Crippen LogP contribution in [0.1, 0.15) is 12.8 Å². The lowest BCUT2D eigenvalue weighted by atomic mass is 9.98. The number of benzene rings is 2. The van der Waals surface area contributed by atoms with Crippen LogP contribution >= 0.6 is 12.4 Å². The normalized spacial score (nSPS) is 27.8. The number of fused-ring (bicyclic) bond motifs is 2. The maximum atomic E-state index is 13.1. The lowest BCUT2D eigenvalue weighted by Gasteiger charge is -2.19. The summed E-state index contributed by atoms with van der Waals surface area (Å²) in [5.74, 6) is 0.754. The van der Waals surface area contributed by atoms with Crippen LogP contribution in [0.15, 0.2) is 47.4 Å². The van der Waals surface area contributed by atoms with Gasteiger partial charge in [-0.1, -0.05) is 36.4 Å². The Morgan fingerprint density at radius 1 is 1.00 bits per heavy atom. The summed E-state index contributed by atoms with van der Waals surface area (Å²) >= 11 is 0. The summed E-state index contributed by atoms with van der Waals surface area (Å²) in [4.78, 5) is 0.416. The van der Waals surface area contributed by atoms with E-state index < -0.39 is 10.0 Å². The molecule has 6 heteroatoms. The van der Waals surface area contributed by atoms with Gasteiger partial charge >= 0.3 is 0 Å². The van der Waals surface area contributed by atoms with Crippen LogP contribution in [-0.2, 0) is 10.0 Å². The van der Waals surface area contributed by atoms with Gasteiger partial charge in [0, 0.05) is 24.5 Å². The molecule has 3 unspecified atom stereocenters. The van der Waals surface area contributed by atoms with Crippen LogP contribution in [0.4, 0.5) is 0 Å². The van der Waals surface area contributed by atoms with Gasteiger partial charge in [0.25, 0.3) is 0 Å². The monoisotopic (exact) mass is 352 g/mol. The van der Waals surface area contributed by atoms with Gasteiger partial charge in [-0.3, -0.25) is 0 Å². The molecule has 2 aromatic carbocycles. The zero-order chi connectivity index (χ0) is 15.3. The predicted molar refractivity (Wildman–Crippen MR) is 94.1 cm³/mol. The van der Waals surface area contributed by atoms with E-state index in [1.54, 1.807) is 10.4 Å². The molecule has 0 amide bonds. The summed E-state index contributed by atoms with van der Waals surface area (Å²) in [7, 11) is -3.45. The molecule has 4 nitrogen and oxygen atoms in total. The Hall–Kier alpha value is -1.14. The standard InChI is InChI=1S/C17H20N2O2S.ClH/c18-16-9-8-13-10-19(11-15(13)16)22(20,21)17-7-3-5-12-4-1-2-6-14(12)17;/h1-7,13,15-16H,8-11,18H2;1H. The van der Waals surface area contributed by atoms with Crippen molar-refractivity contribution in [1.82, 2.24) is 4.31 Å². The van der Waals surface area contributed by atoms with Gasteiger partial charge in [0.1, 0.15) is 0 Å². The predicted octanol–water partition coefficient (Wildman–Crippen LogP) is 2.62. The van der Waals surface area contributed by atoms with Crippen LogP contribution < -0.4 is 5.73 Å². The van der Waals surface area contributed by atoms with Crippen molar-refractivity contribution >= 4 is 33.2 Å². The van der Waals surface area contributed by atoms with Crippen molar-refractivity contribution in [2.45, 2.75) is 23.8 Å². The first-order chi connectivity index (χ1) is 10.6. The van der Waals surface area contributed by atoms with E-state index in [9.17, 15) is 8.42 Å². The maximum Gasteiger partial charge on any atom is 0.243 e. The van der Waals surface area contributed by atoms with Crippen LogP contribution in [-0.4, -0.2) is 31.9 Å². The fourth-order valence-electron chi connectivity index (χ4n) is 4.02. The van der Waals surface area contributed by atoms with Crippen molar-refractivity contribution in [2.75, 3.05) is 13.1 Å². The fourth-order valence-corrected chi connectivity index (χ4v) is 5.77. The van der Waals surface area contributed by atoms with E-state index in [2.05, 4.69) is 0 Å². The number of hydrogen-bond donors (Lipinski definition) is 1. The zero-order valence-electron chi connectivity index (χ0n) is 12.8. The molecule has 124 valence electrons. The van der Waals surface area contributed by atoms with E-state index in [4.69, 9.17) is 5.73 Å². The Balaban J connectivity index is 0.00000156. The molecule has 1 heterocycles. The van der Waals surface area contributed by atoms with E-state index in [-0.39, 0.29) is 18.4 Å². The van der Waals surface area contributed by atoms with Crippen LogP contribution in [0, 0.1) is 11.8 Å². The molecule has 3 atom stereocenters. The Kier molecular flexibility index (Phi) is 4.40. The molecule has 0 aromatic heterocycles. The average molecular weight is 353 g/mol. The van der Waals surface area contributed by atoms with Crippen molar-refractivity contribution < 1.29 is 8.42 Å². The van der Waals surface area contributed by atoms with Crippen LogP contribution in [0.25, 0.3) is 10.8 Å². The molecule has 0 bridgehead atoms. The van der Waals surface area contributed by atoms with Crippen LogP contribution in [0.5, 0.6) is 0 Å². The first-order valence-corrected chi connectivity index (χ1v) is 9.25. The summed E-state index contributed by atoms with van der Waals surface area (Å²) in [6.07, 6.45) is 2.07. The second kappa shape index (κ2) is 6.06. The molecule has 0 radical (unpaired) electrons. The molecule has 2 N–H and O–H groups in total. The van der Waals surface area contributed by atoms with Gasteiger partial charge in [-0.15, -0.1) is 12.4 Å². The lowest BCUT2D eigenvalue weighted by molar-refractivity contribution is 0.427. The van der Waals surface area contributed by atoms with Gasteiger partial charge in [0.05, 0.1) is 4.90 Å². The summed E-state index contributed by atoms with van der Waals surface area (Å²) in [5, 5.41) is 1.76. The quantitative estimate of drug-likeness (QED) is 0.903. The van der Waals surface area contributed by atoms with Gasteiger partial charge in [0.15, 0.2) is 0 Å². The van der Waals surface area contributed by atoms with Crippen molar-refractivity contribution in [3.8, 4) is 0 Å². The Bertz CT molecular complexity index is 819. The van der Waals surface area contributed by atoms with Gasteiger partial charge in [-0.25, -0.2) is 8.42 Å². The first-order valence-electron chi connectivity index (χ1n) is 7.81. The highest BCUT2D eigenvalue weighted by atomic mass is 35.5. The number of sulfonamides is 1. The smallest absolute Gasteiger partial charge is 0.243 e. The van der Waals surface area contributed by atoms with Crippen LogP contribution in [0.3, 0.4) is 0 Å². The highest BCUT2D eigenvalue weighted by Crippen LogP contribution is 2.40. The third kappa shape index (κ3) is 2.66. The highest BCUT2D eigenvalue weighted by molar-refractivity contribution is 7.89. The molecule has 1 aliphatic carbocycles. The van der Waals surface area contributed by atoms with Crippen molar-refractivity contribution in [3.05, 3.63) is 42.5 Å². The number of nitrogens with two attached hydrogens (primary N) is 1. The summed E-state index contributed by atoms with van der Waals surface area (Å²) in [6.45, 7) is 1.18. The summed E-state index contributed by atoms with van der Waals surface area (Å²) < 4.78 is 27.8. The molecule has 1 saturated carbocycles. The lowest BCUT2D eigenvalue weighted by Crippen LogP contribution is -2.33. The Morgan fingerprint density at radius 2 is 1.74 bits per heavy atom. The van der Waals surface area contributed by atoms with E-state index >= 15 is 0 Å². The topological polar surface area (TPSA) is 63.4 Å². The number of halogens is 1. The van der Waals surface area contributed by atoms with Crippen LogP contribution in [0.2, 0.25) is 0 Å². The largest absolute Gasteiger partial charge is 0.327 e. The molecule has 4 rings (SSSR count). The Labute approximate surface area is 143 Å². The summed E-state index contributed by atoms with van der Waals surface area (Å²) in [5.41, 5.74) is 6.13. The molecular weight excluding hydrogens is 332 g/mol. The molecule has 2 aromatic rings. The third-order valence-electron chi connectivity index (χ3n) is 5.25. The molecule has 2 aliphatic rings. The first kappa shape index (κ1) is 16.7. The van der Waals surface area contributed by atoms with Gasteiger partial charge in [0.2, 0.25) is 10.0 Å². The van der Waals surface area contributed by atoms with E-state index in [1.807, 2.05) is 36.4 Å². The summed E-state index contributed by atoms with van der Waals surface area (Å²) in [6, 6.07) is 13.3. The second-order valence-electron chi connectivity index (χ2n) is 6.46. The minimum Gasteiger partial charge on any atom is -0.327 e. The average Bonchev–Trinajstić information content (AvgIpc) is 3.10. The molecular formula is C17H21ClN2O2S.